The van der Waals surface area contributed by atoms with Gasteiger partial charge >= 0.3 is 5.97 Å². The molecule has 3 N–H and O–H groups in total. The SMILES string of the molecule is Cc1ccc(C(=O)Nc2cc(Br)ccc2C(=O)O)c(O)c1. The first-order valence-electron chi connectivity index (χ1n) is 6.02. The highest BCUT2D eigenvalue weighted by molar-refractivity contribution is 9.10. The lowest BCUT2D eigenvalue weighted by Gasteiger charge is -2.10. The maximum atomic E-state index is 12.2. The second kappa shape index (κ2) is 5.97. The van der Waals surface area contributed by atoms with E-state index in [1.165, 1.54) is 24.3 Å². The molecule has 6 heteroatoms. The smallest absolute Gasteiger partial charge is 0.337 e. The molecule has 0 radical (unpaired) electrons. The van der Waals surface area contributed by atoms with Gasteiger partial charge in [0.15, 0.2) is 0 Å². The average molecular weight is 350 g/mol. The van der Waals surface area contributed by atoms with Gasteiger partial charge in [-0.15, -0.1) is 0 Å². The Morgan fingerprint density at radius 1 is 1.10 bits per heavy atom. The fourth-order valence-corrected chi connectivity index (χ4v) is 2.19. The number of amides is 1. The number of hydrogen-bond acceptors (Lipinski definition) is 3. The number of aromatic carboxylic acids is 1. The van der Waals surface area contributed by atoms with Gasteiger partial charge in [0.05, 0.1) is 16.8 Å². The third kappa shape index (κ3) is 3.41. The van der Waals surface area contributed by atoms with Crippen LogP contribution in [0.25, 0.3) is 0 Å². The molecule has 0 spiro atoms. The number of phenols is 1. The Labute approximate surface area is 129 Å². The molecule has 2 aromatic rings. The zero-order chi connectivity index (χ0) is 15.6. The molecular weight excluding hydrogens is 338 g/mol. The summed E-state index contributed by atoms with van der Waals surface area (Å²) in [6, 6.07) is 9.09. The van der Waals surface area contributed by atoms with Crippen LogP contribution in [0, 0.1) is 6.92 Å². The standard InChI is InChI=1S/C15H12BrNO4/c1-8-2-4-11(13(18)6-8)14(19)17-12-7-9(16)3-5-10(12)15(20)21/h2-7,18H,1H3,(H,17,19)(H,20,21). The van der Waals surface area contributed by atoms with Gasteiger partial charge in [0.2, 0.25) is 0 Å². The molecule has 1 amide bonds. The van der Waals surface area contributed by atoms with Crippen molar-refractivity contribution in [1.29, 1.82) is 0 Å². The van der Waals surface area contributed by atoms with E-state index in [1.54, 1.807) is 19.1 Å². The summed E-state index contributed by atoms with van der Waals surface area (Å²) in [4.78, 5) is 23.3. The molecule has 0 heterocycles. The van der Waals surface area contributed by atoms with Crippen molar-refractivity contribution < 1.29 is 19.8 Å². The molecule has 0 unspecified atom stereocenters. The van der Waals surface area contributed by atoms with Gasteiger partial charge in [-0.25, -0.2) is 4.79 Å². The molecule has 2 aromatic carbocycles. The molecule has 0 aromatic heterocycles. The van der Waals surface area contributed by atoms with Crippen molar-refractivity contribution in [2.45, 2.75) is 6.92 Å². The minimum absolute atomic E-state index is 0.0295. The van der Waals surface area contributed by atoms with E-state index in [2.05, 4.69) is 21.2 Å². The van der Waals surface area contributed by atoms with Gasteiger partial charge < -0.3 is 15.5 Å². The lowest BCUT2D eigenvalue weighted by Crippen LogP contribution is -2.15. The van der Waals surface area contributed by atoms with E-state index in [-0.39, 0.29) is 22.6 Å². The van der Waals surface area contributed by atoms with Crippen LogP contribution in [0.15, 0.2) is 40.9 Å². The first-order valence-corrected chi connectivity index (χ1v) is 6.81. The number of benzene rings is 2. The molecule has 0 aliphatic heterocycles. The van der Waals surface area contributed by atoms with Crippen molar-refractivity contribution in [1.82, 2.24) is 0 Å². The predicted octanol–water partition coefficient (Wildman–Crippen LogP) is 3.41. The summed E-state index contributed by atoms with van der Waals surface area (Å²) in [5.41, 5.74) is 1.02. The summed E-state index contributed by atoms with van der Waals surface area (Å²) in [6.07, 6.45) is 0. The number of aryl methyl sites for hydroxylation is 1. The zero-order valence-electron chi connectivity index (χ0n) is 11.1. The van der Waals surface area contributed by atoms with E-state index >= 15 is 0 Å². The van der Waals surface area contributed by atoms with Gasteiger partial charge in [0, 0.05) is 4.47 Å². The molecule has 0 saturated heterocycles. The molecule has 0 atom stereocenters. The Hall–Kier alpha value is -2.34. The fourth-order valence-electron chi connectivity index (χ4n) is 1.83. The Kier molecular flexibility index (Phi) is 4.28. The van der Waals surface area contributed by atoms with Crippen LogP contribution in [0.3, 0.4) is 0 Å². The van der Waals surface area contributed by atoms with E-state index in [0.29, 0.717) is 4.47 Å². The summed E-state index contributed by atoms with van der Waals surface area (Å²) < 4.78 is 0.635. The molecule has 0 aliphatic rings. The Morgan fingerprint density at radius 3 is 2.38 bits per heavy atom. The maximum Gasteiger partial charge on any atom is 0.337 e. The summed E-state index contributed by atoms with van der Waals surface area (Å²) in [6.45, 7) is 1.79. The first kappa shape index (κ1) is 15.1. The van der Waals surface area contributed by atoms with Crippen molar-refractivity contribution in [3.05, 3.63) is 57.6 Å². The molecule has 108 valence electrons. The highest BCUT2D eigenvalue weighted by Gasteiger charge is 2.16. The van der Waals surface area contributed by atoms with Crippen LogP contribution >= 0.6 is 15.9 Å². The predicted molar refractivity (Wildman–Crippen MR) is 81.9 cm³/mol. The van der Waals surface area contributed by atoms with Crippen molar-refractivity contribution in [3.8, 4) is 5.75 Å². The number of carboxylic acids is 1. The number of carbonyl (C=O) groups excluding carboxylic acids is 1. The maximum absolute atomic E-state index is 12.2. The number of phenolic OH excluding ortho intramolecular Hbond substituents is 1. The van der Waals surface area contributed by atoms with Crippen LogP contribution < -0.4 is 5.32 Å². The van der Waals surface area contributed by atoms with Crippen molar-refractivity contribution in [2.75, 3.05) is 5.32 Å². The quantitative estimate of drug-likeness (QED) is 0.792. The number of halogens is 1. The fraction of sp³-hybridized carbons (Fsp3) is 0.0667. The van der Waals surface area contributed by atoms with Crippen LogP contribution in [-0.4, -0.2) is 22.1 Å². The summed E-state index contributed by atoms with van der Waals surface area (Å²) in [7, 11) is 0. The normalized spacial score (nSPS) is 10.2. The largest absolute Gasteiger partial charge is 0.507 e. The Morgan fingerprint density at radius 2 is 1.76 bits per heavy atom. The minimum Gasteiger partial charge on any atom is -0.507 e. The van der Waals surface area contributed by atoms with Crippen molar-refractivity contribution >= 4 is 33.5 Å². The molecule has 0 fully saturated rings. The van der Waals surface area contributed by atoms with Gasteiger partial charge in [0.25, 0.3) is 5.91 Å². The number of hydrogen-bond donors (Lipinski definition) is 3. The summed E-state index contributed by atoms with van der Waals surface area (Å²) >= 11 is 3.22. The van der Waals surface area contributed by atoms with Gasteiger partial charge in [-0.3, -0.25) is 4.79 Å². The van der Waals surface area contributed by atoms with Crippen LogP contribution in [0.2, 0.25) is 0 Å². The third-order valence-electron chi connectivity index (χ3n) is 2.86. The van der Waals surface area contributed by atoms with Gasteiger partial charge in [0.1, 0.15) is 5.75 Å². The average Bonchev–Trinajstić information content (AvgIpc) is 2.37. The number of aromatic hydroxyl groups is 1. The van der Waals surface area contributed by atoms with Gasteiger partial charge in [-0.2, -0.15) is 0 Å². The van der Waals surface area contributed by atoms with E-state index < -0.39 is 11.9 Å². The van der Waals surface area contributed by atoms with E-state index in [9.17, 15) is 14.7 Å². The Balaban J connectivity index is 2.35. The molecule has 5 nitrogen and oxygen atoms in total. The lowest BCUT2D eigenvalue weighted by atomic mass is 10.1. The number of anilines is 1. The van der Waals surface area contributed by atoms with E-state index in [0.717, 1.165) is 5.56 Å². The number of carboxylic acid groups (broad SMARTS) is 1. The molecule has 0 bridgehead atoms. The molecule has 21 heavy (non-hydrogen) atoms. The monoisotopic (exact) mass is 349 g/mol. The number of carbonyl (C=O) groups is 2. The van der Waals surface area contributed by atoms with Gasteiger partial charge in [-0.1, -0.05) is 22.0 Å². The van der Waals surface area contributed by atoms with Crippen molar-refractivity contribution in [3.63, 3.8) is 0 Å². The Bertz CT molecular complexity index is 728. The van der Waals surface area contributed by atoms with E-state index in [1.807, 2.05) is 0 Å². The highest BCUT2D eigenvalue weighted by atomic mass is 79.9. The zero-order valence-corrected chi connectivity index (χ0v) is 12.6. The summed E-state index contributed by atoms with van der Waals surface area (Å²) in [5, 5.41) is 21.4. The van der Waals surface area contributed by atoms with Crippen LogP contribution in [0.4, 0.5) is 5.69 Å². The van der Waals surface area contributed by atoms with E-state index in [4.69, 9.17) is 5.11 Å². The molecule has 2 rings (SSSR count). The van der Waals surface area contributed by atoms with Crippen molar-refractivity contribution in [2.24, 2.45) is 0 Å². The summed E-state index contributed by atoms with van der Waals surface area (Å²) in [5.74, 6) is -1.88. The van der Waals surface area contributed by atoms with Crippen LogP contribution in [0.5, 0.6) is 5.75 Å². The second-order valence-electron chi connectivity index (χ2n) is 4.47. The molecule has 0 aliphatic carbocycles. The van der Waals surface area contributed by atoms with Gasteiger partial charge in [-0.05, 0) is 42.8 Å². The second-order valence-corrected chi connectivity index (χ2v) is 5.39. The lowest BCUT2D eigenvalue weighted by molar-refractivity contribution is 0.0698. The first-order chi connectivity index (χ1) is 9.88. The highest BCUT2D eigenvalue weighted by Crippen LogP contribution is 2.24. The molecule has 0 saturated carbocycles. The topological polar surface area (TPSA) is 86.6 Å². The minimum atomic E-state index is -1.15. The number of nitrogens with one attached hydrogen (secondary N) is 1. The van der Waals surface area contributed by atoms with Crippen LogP contribution in [0.1, 0.15) is 26.3 Å². The molecular formula is C15H12BrNO4. The number of rotatable bonds is 3. The third-order valence-corrected chi connectivity index (χ3v) is 3.35. The van der Waals surface area contributed by atoms with Crippen LogP contribution in [-0.2, 0) is 0 Å².